The highest BCUT2D eigenvalue weighted by atomic mass is 79.9. The number of alkyl halides is 1. The monoisotopic (exact) mass is 262 g/mol. The molecule has 82 valence electrons. The first-order chi connectivity index (χ1) is 6.36. The number of unbranched alkanes of at least 4 members (excludes halogenated alkanes) is 3. The third-order valence-electron chi connectivity index (χ3n) is 1.43. The molecule has 0 bridgehead atoms. The molecule has 0 rings (SSSR count). The molecular weight excluding hydrogens is 244 g/mol. The Bertz CT molecular complexity index is 186. The molecular formula is C11H19BrO2. The van der Waals surface area contributed by atoms with E-state index in [9.17, 15) is 4.79 Å². The fraction of sp³-hybridized carbons (Fsp3) is 0.727. The zero-order valence-corrected chi connectivity index (χ0v) is 10.7. The Morgan fingerprint density at radius 2 is 1.93 bits per heavy atom. The first-order valence-electron chi connectivity index (χ1n) is 4.72. The summed E-state index contributed by atoms with van der Waals surface area (Å²) < 4.78 is -0.771. The van der Waals surface area contributed by atoms with Gasteiger partial charge < -0.3 is 5.11 Å². The van der Waals surface area contributed by atoms with Crippen molar-refractivity contribution in [3.63, 3.8) is 0 Å². The van der Waals surface area contributed by atoms with Crippen LogP contribution in [-0.2, 0) is 4.79 Å². The number of hydrogen-bond acceptors (Lipinski definition) is 1. The van der Waals surface area contributed by atoms with E-state index in [4.69, 9.17) is 11.5 Å². The molecule has 0 spiro atoms. The zero-order valence-electron chi connectivity index (χ0n) is 9.14. The van der Waals surface area contributed by atoms with Crippen LogP contribution < -0.4 is 0 Å². The summed E-state index contributed by atoms with van der Waals surface area (Å²) in [4.78, 5) is 9.97. The van der Waals surface area contributed by atoms with Crippen molar-refractivity contribution in [1.82, 2.24) is 0 Å². The molecule has 0 atom stereocenters. The normalized spacial score (nSPS) is 9.64. The van der Waals surface area contributed by atoms with Crippen LogP contribution in [0.3, 0.4) is 0 Å². The van der Waals surface area contributed by atoms with E-state index in [1.807, 2.05) is 0 Å². The maximum Gasteiger partial charge on any atom is 0.319 e. The average molecular weight is 263 g/mol. The van der Waals surface area contributed by atoms with Crippen molar-refractivity contribution < 1.29 is 9.90 Å². The van der Waals surface area contributed by atoms with Gasteiger partial charge in [0.15, 0.2) is 0 Å². The van der Waals surface area contributed by atoms with E-state index in [1.54, 1.807) is 13.8 Å². The number of aliphatic carboxylic acids is 1. The van der Waals surface area contributed by atoms with Gasteiger partial charge in [0.05, 0.1) is 0 Å². The van der Waals surface area contributed by atoms with Gasteiger partial charge in [-0.05, 0) is 20.3 Å². The quantitative estimate of drug-likeness (QED) is 0.479. The summed E-state index contributed by atoms with van der Waals surface area (Å²) in [6.07, 6.45) is 9.72. The molecule has 0 heterocycles. The van der Waals surface area contributed by atoms with Gasteiger partial charge in [0.1, 0.15) is 4.32 Å². The molecule has 0 aliphatic rings. The Morgan fingerprint density at radius 3 is 2.14 bits per heavy atom. The predicted octanol–water partition coefficient (Wildman–Crippen LogP) is 3.44. The van der Waals surface area contributed by atoms with E-state index in [-0.39, 0.29) is 0 Å². The van der Waals surface area contributed by atoms with Gasteiger partial charge >= 0.3 is 5.97 Å². The molecule has 0 saturated carbocycles. The Morgan fingerprint density at radius 1 is 1.50 bits per heavy atom. The summed E-state index contributed by atoms with van der Waals surface area (Å²) in [5, 5.41) is 8.20. The molecule has 3 heteroatoms. The molecule has 2 nitrogen and oxygen atoms in total. The Kier molecular flexibility index (Phi) is 10.4. The smallest absolute Gasteiger partial charge is 0.319 e. The van der Waals surface area contributed by atoms with Gasteiger partial charge in [0.2, 0.25) is 0 Å². The second-order valence-electron chi connectivity index (χ2n) is 3.44. The molecule has 0 amide bonds. The highest BCUT2D eigenvalue weighted by Crippen LogP contribution is 2.14. The Labute approximate surface area is 95.2 Å². The van der Waals surface area contributed by atoms with Crippen LogP contribution in [0.25, 0.3) is 0 Å². The van der Waals surface area contributed by atoms with E-state index in [0.29, 0.717) is 0 Å². The maximum atomic E-state index is 9.97. The molecule has 0 saturated heterocycles. The summed E-state index contributed by atoms with van der Waals surface area (Å²) in [6.45, 7) is 5.33. The minimum atomic E-state index is -0.840. The predicted molar refractivity (Wildman–Crippen MR) is 63.6 cm³/mol. The van der Waals surface area contributed by atoms with E-state index >= 15 is 0 Å². The fourth-order valence-corrected chi connectivity index (χ4v) is 0.477. The van der Waals surface area contributed by atoms with Crippen molar-refractivity contribution in [2.24, 2.45) is 0 Å². The number of halogens is 1. The van der Waals surface area contributed by atoms with Crippen LogP contribution in [0.4, 0.5) is 0 Å². The van der Waals surface area contributed by atoms with Gasteiger partial charge in [-0.25, -0.2) is 0 Å². The maximum absolute atomic E-state index is 9.97. The topological polar surface area (TPSA) is 37.3 Å². The number of carboxylic acid groups (broad SMARTS) is 1. The SMILES string of the molecule is C#CCCCCC.CC(C)(Br)C(=O)O. The van der Waals surface area contributed by atoms with Crippen LogP contribution in [0.2, 0.25) is 0 Å². The van der Waals surface area contributed by atoms with Crippen molar-refractivity contribution in [3.8, 4) is 12.3 Å². The molecule has 0 aliphatic heterocycles. The summed E-state index contributed by atoms with van der Waals surface area (Å²) in [6, 6.07) is 0. The van der Waals surface area contributed by atoms with Crippen LogP contribution in [0.1, 0.15) is 46.5 Å². The average Bonchev–Trinajstić information content (AvgIpc) is 2.05. The molecule has 0 radical (unpaired) electrons. The second kappa shape index (κ2) is 9.08. The first-order valence-corrected chi connectivity index (χ1v) is 5.51. The largest absolute Gasteiger partial charge is 0.480 e. The third-order valence-corrected chi connectivity index (χ3v) is 1.77. The van der Waals surface area contributed by atoms with Crippen molar-refractivity contribution in [2.45, 2.75) is 50.8 Å². The first kappa shape index (κ1) is 16.0. The van der Waals surface area contributed by atoms with E-state index in [1.165, 1.54) is 19.3 Å². The summed E-state index contributed by atoms with van der Waals surface area (Å²) >= 11 is 2.94. The second-order valence-corrected chi connectivity index (χ2v) is 5.42. The summed E-state index contributed by atoms with van der Waals surface area (Å²) in [5.41, 5.74) is 0. The van der Waals surface area contributed by atoms with Crippen LogP contribution in [0.5, 0.6) is 0 Å². The van der Waals surface area contributed by atoms with E-state index in [0.717, 1.165) is 6.42 Å². The molecule has 0 fully saturated rings. The van der Waals surface area contributed by atoms with Crippen LogP contribution in [0.15, 0.2) is 0 Å². The van der Waals surface area contributed by atoms with Gasteiger partial charge in [-0.1, -0.05) is 35.7 Å². The zero-order chi connectivity index (χ0) is 11.6. The van der Waals surface area contributed by atoms with Gasteiger partial charge in [-0.15, -0.1) is 12.3 Å². The van der Waals surface area contributed by atoms with Gasteiger partial charge in [0, 0.05) is 6.42 Å². The van der Waals surface area contributed by atoms with E-state index < -0.39 is 10.3 Å². The van der Waals surface area contributed by atoms with Crippen LogP contribution >= 0.6 is 15.9 Å². The molecule has 0 aromatic carbocycles. The number of hydrogen-bond donors (Lipinski definition) is 1. The lowest BCUT2D eigenvalue weighted by Crippen LogP contribution is -2.22. The highest BCUT2D eigenvalue weighted by molar-refractivity contribution is 9.10. The van der Waals surface area contributed by atoms with Crippen LogP contribution in [0, 0.1) is 12.3 Å². The van der Waals surface area contributed by atoms with Crippen molar-refractivity contribution in [3.05, 3.63) is 0 Å². The molecule has 1 N–H and O–H groups in total. The lowest BCUT2D eigenvalue weighted by Gasteiger charge is -2.06. The summed E-state index contributed by atoms with van der Waals surface area (Å²) in [7, 11) is 0. The Hall–Kier alpha value is -0.490. The third kappa shape index (κ3) is 14.1. The van der Waals surface area contributed by atoms with E-state index in [2.05, 4.69) is 28.8 Å². The minimum Gasteiger partial charge on any atom is -0.480 e. The molecule has 0 aromatic heterocycles. The van der Waals surface area contributed by atoms with Crippen molar-refractivity contribution in [2.75, 3.05) is 0 Å². The molecule has 14 heavy (non-hydrogen) atoms. The number of carboxylic acids is 1. The van der Waals surface area contributed by atoms with Gasteiger partial charge in [0.25, 0.3) is 0 Å². The molecule has 0 aromatic rings. The number of carbonyl (C=O) groups is 1. The number of rotatable bonds is 4. The van der Waals surface area contributed by atoms with Crippen molar-refractivity contribution >= 4 is 21.9 Å². The molecule has 0 aliphatic carbocycles. The number of terminal acetylenes is 1. The van der Waals surface area contributed by atoms with Gasteiger partial charge in [-0.3, -0.25) is 4.79 Å². The standard InChI is InChI=1S/C7H12.C4H7BrO2/c1-3-5-7-6-4-2;1-4(2,5)3(6)7/h1H,4-7H2,2H3;1-2H3,(H,6,7). The fourth-order valence-electron chi connectivity index (χ4n) is 0.477. The van der Waals surface area contributed by atoms with Gasteiger partial charge in [-0.2, -0.15) is 0 Å². The highest BCUT2D eigenvalue weighted by Gasteiger charge is 2.21. The lowest BCUT2D eigenvalue weighted by atomic mass is 10.2. The minimum absolute atomic E-state index is 0.771. The Balaban J connectivity index is 0. The summed E-state index contributed by atoms with van der Waals surface area (Å²) in [5.74, 6) is 1.76. The lowest BCUT2D eigenvalue weighted by molar-refractivity contribution is -0.138. The van der Waals surface area contributed by atoms with Crippen LogP contribution in [-0.4, -0.2) is 15.4 Å². The van der Waals surface area contributed by atoms with Crippen molar-refractivity contribution in [1.29, 1.82) is 0 Å². The molecule has 0 unspecified atom stereocenters.